The first kappa shape index (κ1) is 20.6. The highest BCUT2D eigenvalue weighted by atomic mass is 16.2. The minimum Gasteiger partial charge on any atom is -0.335 e. The van der Waals surface area contributed by atoms with Gasteiger partial charge < -0.3 is 14.7 Å². The van der Waals surface area contributed by atoms with Gasteiger partial charge in [0.2, 0.25) is 0 Å². The van der Waals surface area contributed by atoms with Gasteiger partial charge in [-0.2, -0.15) is 5.26 Å². The van der Waals surface area contributed by atoms with Crippen LogP contribution in [0.3, 0.4) is 0 Å². The van der Waals surface area contributed by atoms with Crippen molar-refractivity contribution in [1.29, 1.82) is 5.26 Å². The summed E-state index contributed by atoms with van der Waals surface area (Å²) < 4.78 is 0. The fourth-order valence-corrected chi connectivity index (χ4v) is 4.19. The second kappa shape index (κ2) is 9.00. The topological polar surface area (TPSA) is 84.7 Å². The number of nitrogens with zero attached hydrogens (tertiary/aromatic N) is 4. The third kappa shape index (κ3) is 4.15. The van der Waals surface area contributed by atoms with E-state index in [2.05, 4.69) is 6.07 Å². The number of piperazine rings is 1. The van der Waals surface area contributed by atoms with Gasteiger partial charge in [-0.25, -0.2) is 0 Å². The fraction of sp³-hybridized carbons (Fsp3) is 0.333. The lowest BCUT2D eigenvalue weighted by Crippen LogP contribution is -2.54. The quantitative estimate of drug-likeness (QED) is 0.702. The van der Waals surface area contributed by atoms with Crippen molar-refractivity contribution in [3.63, 3.8) is 0 Å². The van der Waals surface area contributed by atoms with Gasteiger partial charge in [0.05, 0.1) is 11.6 Å². The molecule has 0 radical (unpaired) electrons. The molecule has 2 aromatic rings. The molecule has 158 valence electrons. The zero-order valence-electron chi connectivity index (χ0n) is 17.3. The summed E-state index contributed by atoms with van der Waals surface area (Å²) in [5, 5.41) is 9.45. The Hall–Kier alpha value is -3.66. The highest BCUT2D eigenvalue weighted by Gasteiger charge is 2.32. The molecule has 0 aliphatic carbocycles. The molecule has 2 saturated heterocycles. The second-order valence-electron chi connectivity index (χ2n) is 7.79. The average molecular weight is 416 g/mol. The van der Waals surface area contributed by atoms with Crippen LogP contribution in [0.4, 0.5) is 0 Å². The van der Waals surface area contributed by atoms with E-state index in [1.807, 2.05) is 24.3 Å². The molecule has 3 amide bonds. The first-order valence-electron chi connectivity index (χ1n) is 10.6. The predicted octanol–water partition coefficient (Wildman–Crippen LogP) is 2.13. The molecule has 0 spiro atoms. The van der Waals surface area contributed by atoms with Gasteiger partial charge in [-0.1, -0.05) is 36.4 Å². The van der Waals surface area contributed by atoms with Crippen LogP contribution in [-0.2, 0) is 9.59 Å². The zero-order chi connectivity index (χ0) is 21.8. The lowest BCUT2D eigenvalue weighted by atomic mass is 9.95. The van der Waals surface area contributed by atoms with Gasteiger partial charge in [-0.3, -0.25) is 14.4 Å². The van der Waals surface area contributed by atoms with Crippen LogP contribution in [0.2, 0.25) is 0 Å². The third-order valence-electron chi connectivity index (χ3n) is 5.93. The van der Waals surface area contributed by atoms with Crippen molar-refractivity contribution in [2.45, 2.75) is 12.8 Å². The van der Waals surface area contributed by atoms with Crippen LogP contribution in [-0.4, -0.2) is 71.7 Å². The summed E-state index contributed by atoms with van der Waals surface area (Å²) in [7, 11) is 0. The summed E-state index contributed by atoms with van der Waals surface area (Å²) in [6, 6.07) is 16.7. The number of benzene rings is 2. The number of carbonyl (C=O) groups excluding carboxylic acids is 3. The maximum Gasteiger partial charge on any atom is 0.312 e. The van der Waals surface area contributed by atoms with Crippen LogP contribution in [0, 0.1) is 11.3 Å². The minimum absolute atomic E-state index is 0.138. The van der Waals surface area contributed by atoms with E-state index in [9.17, 15) is 19.6 Å². The van der Waals surface area contributed by atoms with Crippen LogP contribution in [0.25, 0.3) is 11.1 Å². The van der Waals surface area contributed by atoms with Gasteiger partial charge >= 0.3 is 11.8 Å². The van der Waals surface area contributed by atoms with Crippen molar-refractivity contribution in [1.82, 2.24) is 14.7 Å². The first-order chi connectivity index (χ1) is 15.1. The molecule has 2 aliphatic heterocycles. The molecule has 2 aromatic carbocycles. The summed E-state index contributed by atoms with van der Waals surface area (Å²) in [5.74, 6) is -1.05. The maximum absolute atomic E-state index is 13.3. The molecular weight excluding hydrogens is 392 g/mol. The SMILES string of the molecule is N#Cc1ccccc1-c1ccccc1C(=O)N1CCN(C(=O)C(=O)N2CCCC2)CC1. The Morgan fingerprint density at radius 2 is 1.19 bits per heavy atom. The summed E-state index contributed by atoms with van der Waals surface area (Å²) in [6.07, 6.45) is 1.88. The summed E-state index contributed by atoms with van der Waals surface area (Å²) in [6.45, 7) is 2.69. The first-order valence-corrected chi connectivity index (χ1v) is 10.6. The molecule has 0 saturated carbocycles. The lowest BCUT2D eigenvalue weighted by molar-refractivity contribution is -0.152. The van der Waals surface area contributed by atoms with Crippen LogP contribution in [0.5, 0.6) is 0 Å². The number of amides is 3. The Morgan fingerprint density at radius 3 is 1.84 bits per heavy atom. The highest BCUT2D eigenvalue weighted by Crippen LogP contribution is 2.28. The van der Waals surface area contributed by atoms with Gasteiger partial charge in [0.1, 0.15) is 0 Å². The molecule has 31 heavy (non-hydrogen) atoms. The standard InChI is InChI=1S/C24H24N4O3/c25-17-18-7-1-2-8-19(18)20-9-3-4-10-21(20)22(29)27-13-15-28(16-14-27)24(31)23(30)26-11-5-6-12-26/h1-4,7-10H,5-6,11-16H2. The maximum atomic E-state index is 13.3. The largest absolute Gasteiger partial charge is 0.335 e. The molecular formula is C24H24N4O3. The Morgan fingerprint density at radius 1 is 0.677 bits per heavy atom. The molecule has 2 aliphatic rings. The van der Waals surface area contributed by atoms with Crippen molar-refractivity contribution in [3.8, 4) is 17.2 Å². The normalized spacial score (nSPS) is 16.2. The van der Waals surface area contributed by atoms with E-state index in [1.54, 1.807) is 39.0 Å². The van der Waals surface area contributed by atoms with Crippen molar-refractivity contribution >= 4 is 17.7 Å². The van der Waals surface area contributed by atoms with E-state index in [4.69, 9.17) is 0 Å². The van der Waals surface area contributed by atoms with Crippen molar-refractivity contribution in [2.24, 2.45) is 0 Å². The van der Waals surface area contributed by atoms with Gasteiger partial charge in [0.25, 0.3) is 5.91 Å². The van der Waals surface area contributed by atoms with Gasteiger partial charge in [0, 0.05) is 50.4 Å². The molecule has 7 nitrogen and oxygen atoms in total. The molecule has 0 atom stereocenters. The van der Waals surface area contributed by atoms with Crippen LogP contribution < -0.4 is 0 Å². The molecule has 4 rings (SSSR count). The number of nitriles is 1. The third-order valence-corrected chi connectivity index (χ3v) is 5.93. The highest BCUT2D eigenvalue weighted by molar-refractivity contribution is 6.35. The van der Waals surface area contributed by atoms with Crippen LogP contribution in [0.1, 0.15) is 28.8 Å². The Bertz CT molecular complexity index is 1040. The molecule has 7 heteroatoms. The summed E-state index contributed by atoms with van der Waals surface area (Å²) >= 11 is 0. The van der Waals surface area contributed by atoms with Crippen LogP contribution in [0.15, 0.2) is 48.5 Å². The Balaban J connectivity index is 1.47. The zero-order valence-corrected chi connectivity index (χ0v) is 17.3. The Labute approximate surface area is 181 Å². The molecule has 0 bridgehead atoms. The van der Waals surface area contributed by atoms with E-state index < -0.39 is 11.8 Å². The molecule has 2 fully saturated rings. The predicted molar refractivity (Wildman–Crippen MR) is 115 cm³/mol. The number of rotatable bonds is 2. The van der Waals surface area contributed by atoms with E-state index in [0.29, 0.717) is 56.0 Å². The summed E-state index contributed by atoms with van der Waals surface area (Å²) in [4.78, 5) is 43.1. The monoisotopic (exact) mass is 416 g/mol. The summed E-state index contributed by atoms with van der Waals surface area (Å²) in [5.41, 5.74) is 2.48. The minimum atomic E-state index is -0.475. The van der Waals surface area contributed by atoms with E-state index in [1.165, 1.54) is 0 Å². The Kier molecular flexibility index (Phi) is 5.99. The molecule has 0 N–H and O–H groups in total. The number of likely N-dealkylation sites (tertiary alicyclic amines) is 1. The fourth-order valence-electron chi connectivity index (χ4n) is 4.19. The smallest absolute Gasteiger partial charge is 0.312 e. The lowest BCUT2D eigenvalue weighted by Gasteiger charge is -2.35. The number of hydrogen-bond acceptors (Lipinski definition) is 4. The van der Waals surface area contributed by atoms with E-state index >= 15 is 0 Å². The van der Waals surface area contributed by atoms with Gasteiger partial charge in [-0.15, -0.1) is 0 Å². The number of carbonyl (C=O) groups is 3. The van der Waals surface area contributed by atoms with E-state index in [-0.39, 0.29) is 5.91 Å². The average Bonchev–Trinajstić information content (AvgIpc) is 3.38. The van der Waals surface area contributed by atoms with Crippen molar-refractivity contribution < 1.29 is 14.4 Å². The second-order valence-corrected chi connectivity index (χ2v) is 7.79. The van der Waals surface area contributed by atoms with Crippen molar-refractivity contribution in [2.75, 3.05) is 39.3 Å². The number of hydrogen-bond donors (Lipinski definition) is 0. The molecule has 0 unspecified atom stereocenters. The van der Waals surface area contributed by atoms with Gasteiger partial charge in [0.15, 0.2) is 0 Å². The van der Waals surface area contributed by atoms with Gasteiger partial charge in [-0.05, 0) is 30.5 Å². The molecule has 2 heterocycles. The van der Waals surface area contributed by atoms with Crippen molar-refractivity contribution in [3.05, 3.63) is 59.7 Å². The van der Waals surface area contributed by atoms with Crippen LogP contribution >= 0.6 is 0 Å². The molecule has 0 aromatic heterocycles. The van der Waals surface area contributed by atoms with E-state index in [0.717, 1.165) is 18.4 Å².